The highest BCUT2D eigenvalue weighted by Gasteiger charge is 2.34. The van der Waals surface area contributed by atoms with E-state index >= 15 is 0 Å². The van der Waals surface area contributed by atoms with Gasteiger partial charge in [0.2, 0.25) is 10.0 Å². The van der Waals surface area contributed by atoms with Crippen LogP contribution in [0.25, 0.3) is 0 Å². The first-order valence-corrected chi connectivity index (χ1v) is 9.58. The minimum atomic E-state index is -3.66. The molecule has 0 aliphatic carbocycles. The Morgan fingerprint density at radius 1 is 1.41 bits per heavy atom. The predicted molar refractivity (Wildman–Crippen MR) is 93.2 cm³/mol. The quantitative estimate of drug-likeness (QED) is 0.758. The van der Waals surface area contributed by atoms with Crippen molar-refractivity contribution in [1.82, 2.24) is 10.0 Å². The average molecular weight is 410 g/mol. The van der Waals surface area contributed by atoms with Crippen LogP contribution >= 0.6 is 46.9 Å². The van der Waals surface area contributed by atoms with Gasteiger partial charge in [0, 0.05) is 19.1 Å². The van der Waals surface area contributed by atoms with Crippen molar-refractivity contribution in [2.75, 3.05) is 33.4 Å². The van der Waals surface area contributed by atoms with E-state index in [9.17, 15) is 8.42 Å². The fourth-order valence-corrected chi connectivity index (χ4v) is 5.77. The zero-order chi connectivity index (χ0) is 15.5. The first-order chi connectivity index (χ1) is 9.88. The molecule has 1 aliphatic heterocycles. The van der Waals surface area contributed by atoms with E-state index in [2.05, 4.69) is 10.0 Å². The van der Waals surface area contributed by atoms with Crippen molar-refractivity contribution in [1.29, 1.82) is 0 Å². The smallest absolute Gasteiger partial charge is 0.242 e. The average Bonchev–Trinajstić information content (AvgIpc) is 2.78. The minimum Gasteiger partial charge on any atom is -0.384 e. The second kappa shape index (κ2) is 8.48. The van der Waals surface area contributed by atoms with E-state index in [1.165, 1.54) is 6.07 Å². The highest BCUT2D eigenvalue weighted by Crippen LogP contribution is 2.35. The van der Waals surface area contributed by atoms with Gasteiger partial charge in [-0.3, -0.25) is 0 Å². The van der Waals surface area contributed by atoms with Gasteiger partial charge in [0.1, 0.15) is 9.23 Å². The molecule has 0 radical (unpaired) electrons. The van der Waals surface area contributed by atoms with Gasteiger partial charge in [-0.15, -0.1) is 23.7 Å². The van der Waals surface area contributed by atoms with E-state index in [1.54, 1.807) is 7.11 Å². The lowest BCUT2D eigenvalue weighted by Crippen LogP contribution is -2.47. The lowest BCUT2D eigenvalue weighted by atomic mass is 9.80. The maximum absolute atomic E-state index is 12.4. The summed E-state index contributed by atoms with van der Waals surface area (Å²) in [5, 5.41) is 3.27. The maximum Gasteiger partial charge on any atom is 0.242 e. The number of piperidine rings is 1. The molecular formula is C12H19Cl3N2O3S2. The molecule has 22 heavy (non-hydrogen) atoms. The molecule has 0 saturated carbocycles. The Labute approximate surface area is 151 Å². The summed E-state index contributed by atoms with van der Waals surface area (Å²) in [5.41, 5.74) is -0.181. The number of methoxy groups -OCH3 is 1. The van der Waals surface area contributed by atoms with Crippen LogP contribution in [0.4, 0.5) is 0 Å². The van der Waals surface area contributed by atoms with Crippen LogP contribution in [0, 0.1) is 5.41 Å². The summed E-state index contributed by atoms with van der Waals surface area (Å²) < 4.78 is 33.2. The highest BCUT2D eigenvalue weighted by molar-refractivity contribution is 7.89. The Morgan fingerprint density at radius 3 is 2.55 bits per heavy atom. The van der Waals surface area contributed by atoms with Crippen molar-refractivity contribution in [2.24, 2.45) is 5.41 Å². The van der Waals surface area contributed by atoms with Crippen molar-refractivity contribution in [3.63, 3.8) is 0 Å². The van der Waals surface area contributed by atoms with Gasteiger partial charge in [-0.2, -0.15) is 0 Å². The fraction of sp³-hybridized carbons (Fsp3) is 0.667. The number of hydrogen-bond acceptors (Lipinski definition) is 5. The molecule has 1 aromatic rings. The van der Waals surface area contributed by atoms with Crippen molar-refractivity contribution < 1.29 is 13.2 Å². The van der Waals surface area contributed by atoms with Gasteiger partial charge in [0.15, 0.2) is 0 Å². The molecule has 0 atom stereocenters. The van der Waals surface area contributed by atoms with E-state index in [0.717, 1.165) is 37.3 Å². The topological polar surface area (TPSA) is 67.4 Å². The molecule has 1 aliphatic rings. The number of rotatable bonds is 6. The van der Waals surface area contributed by atoms with Gasteiger partial charge in [-0.05, 0) is 32.0 Å². The maximum atomic E-state index is 12.4. The third kappa shape index (κ3) is 4.95. The van der Waals surface area contributed by atoms with Crippen LogP contribution in [0.5, 0.6) is 0 Å². The molecule has 1 fully saturated rings. The van der Waals surface area contributed by atoms with Crippen molar-refractivity contribution >= 4 is 57.0 Å². The van der Waals surface area contributed by atoms with Crippen molar-refractivity contribution in [3.05, 3.63) is 14.7 Å². The van der Waals surface area contributed by atoms with Crippen LogP contribution in [0.15, 0.2) is 11.0 Å². The summed E-state index contributed by atoms with van der Waals surface area (Å²) in [4.78, 5) is 0.0423. The second-order valence-corrected chi connectivity index (χ2v) is 9.22. The first kappa shape index (κ1) is 20.4. The SMILES string of the molecule is COCC1(CNS(=O)(=O)c2cc(Cl)sc2Cl)CCNCC1.Cl. The van der Waals surface area contributed by atoms with Gasteiger partial charge in [0.05, 0.1) is 10.9 Å². The fourth-order valence-electron chi connectivity index (χ4n) is 2.47. The van der Waals surface area contributed by atoms with Gasteiger partial charge in [0.25, 0.3) is 0 Å². The Kier molecular flexibility index (Phi) is 7.88. The summed E-state index contributed by atoms with van der Waals surface area (Å²) in [6.45, 7) is 2.57. The van der Waals surface area contributed by atoms with Gasteiger partial charge >= 0.3 is 0 Å². The summed E-state index contributed by atoms with van der Waals surface area (Å²) in [7, 11) is -2.03. The molecule has 128 valence electrons. The van der Waals surface area contributed by atoms with Gasteiger partial charge in [-0.1, -0.05) is 23.2 Å². The number of ether oxygens (including phenoxy) is 1. The number of thiophene rings is 1. The van der Waals surface area contributed by atoms with Crippen molar-refractivity contribution in [2.45, 2.75) is 17.7 Å². The zero-order valence-corrected chi connectivity index (χ0v) is 16.0. The molecule has 5 nitrogen and oxygen atoms in total. The molecule has 10 heteroatoms. The van der Waals surface area contributed by atoms with E-state index in [1.807, 2.05) is 0 Å². The largest absolute Gasteiger partial charge is 0.384 e. The Morgan fingerprint density at radius 2 is 2.05 bits per heavy atom. The molecule has 0 bridgehead atoms. The third-order valence-corrected chi connectivity index (χ3v) is 6.82. The van der Waals surface area contributed by atoms with Gasteiger partial charge in [-0.25, -0.2) is 13.1 Å². The minimum absolute atomic E-state index is 0. The molecule has 0 spiro atoms. The summed E-state index contributed by atoms with van der Waals surface area (Å²) >= 11 is 12.8. The molecule has 1 saturated heterocycles. The van der Waals surface area contributed by atoms with Crippen LogP contribution < -0.4 is 10.0 Å². The summed E-state index contributed by atoms with van der Waals surface area (Å²) in [6.07, 6.45) is 1.73. The summed E-state index contributed by atoms with van der Waals surface area (Å²) in [5.74, 6) is 0. The molecule has 0 amide bonds. The molecule has 0 unspecified atom stereocenters. The highest BCUT2D eigenvalue weighted by atomic mass is 35.5. The Balaban J connectivity index is 0.00000242. The lowest BCUT2D eigenvalue weighted by Gasteiger charge is -2.37. The lowest BCUT2D eigenvalue weighted by molar-refractivity contribution is 0.0577. The second-order valence-electron chi connectivity index (χ2n) is 5.20. The summed E-state index contributed by atoms with van der Waals surface area (Å²) in [6, 6.07) is 1.38. The molecule has 1 aromatic heterocycles. The molecule has 2 rings (SSSR count). The van der Waals surface area contributed by atoms with E-state index in [4.69, 9.17) is 27.9 Å². The number of halogens is 3. The number of sulfonamides is 1. The van der Waals surface area contributed by atoms with Crippen molar-refractivity contribution in [3.8, 4) is 0 Å². The van der Waals surface area contributed by atoms with Crippen LogP contribution in [0.2, 0.25) is 8.67 Å². The molecular weight excluding hydrogens is 391 g/mol. The first-order valence-electron chi connectivity index (χ1n) is 6.53. The van der Waals surface area contributed by atoms with Crippen LogP contribution in [0.3, 0.4) is 0 Å². The zero-order valence-electron chi connectivity index (χ0n) is 12.0. The van der Waals surface area contributed by atoms with Crippen LogP contribution in [-0.2, 0) is 14.8 Å². The van der Waals surface area contributed by atoms with E-state index < -0.39 is 10.0 Å². The predicted octanol–water partition coefficient (Wildman–Crippen LogP) is 2.77. The normalized spacial score (nSPS) is 18.0. The van der Waals surface area contributed by atoms with Gasteiger partial charge < -0.3 is 10.1 Å². The molecule has 2 N–H and O–H groups in total. The van der Waals surface area contributed by atoms with Crippen LogP contribution in [-0.4, -0.2) is 41.8 Å². The third-order valence-electron chi connectivity index (χ3n) is 3.67. The monoisotopic (exact) mass is 408 g/mol. The van der Waals surface area contributed by atoms with E-state index in [-0.39, 0.29) is 27.1 Å². The number of nitrogens with one attached hydrogen (secondary N) is 2. The standard InChI is InChI=1S/C12H18Cl2N2O3S2.ClH/c1-19-8-12(2-4-15-5-3-12)7-16-21(17,18)9-6-10(13)20-11(9)14;/h6,15-16H,2-5,7-8H2,1H3;1H. The number of hydrogen-bond donors (Lipinski definition) is 2. The molecule has 2 heterocycles. The Bertz CT molecular complexity index is 581. The Hall–Kier alpha value is 0.400. The van der Waals surface area contributed by atoms with E-state index in [0.29, 0.717) is 17.5 Å². The van der Waals surface area contributed by atoms with Crippen LogP contribution in [0.1, 0.15) is 12.8 Å². The molecule has 0 aromatic carbocycles.